The number of aryl methyl sites for hydroxylation is 1. The highest BCUT2D eigenvalue weighted by atomic mass is 32.1. The first-order chi connectivity index (χ1) is 26.7. The predicted octanol–water partition coefficient (Wildman–Crippen LogP) is 15.1. The third kappa shape index (κ3) is 6.21. The maximum Gasteiger partial charge on any atom is 0.0464 e. The highest BCUT2D eigenvalue weighted by molar-refractivity contribution is 7.19. The van der Waals surface area contributed by atoms with Crippen molar-refractivity contribution in [3.63, 3.8) is 0 Å². The van der Waals surface area contributed by atoms with Crippen LogP contribution in [-0.2, 0) is 6.42 Å². The molecule has 0 unspecified atom stereocenters. The minimum absolute atomic E-state index is 1.05. The summed E-state index contributed by atoms with van der Waals surface area (Å²) < 4.78 is 1.37. The van der Waals surface area contributed by atoms with E-state index in [1.165, 1.54) is 81.4 Å². The number of hydrogen-bond donors (Lipinski definition) is 1. The summed E-state index contributed by atoms with van der Waals surface area (Å²) in [6, 6.07) is 66.3. The lowest BCUT2D eigenvalue weighted by molar-refractivity contribution is 1.02. The van der Waals surface area contributed by atoms with Crippen LogP contribution in [0.2, 0.25) is 0 Å². The molecule has 0 radical (unpaired) electrons. The Morgan fingerprint density at radius 2 is 1.02 bits per heavy atom. The molecule has 1 heterocycles. The van der Waals surface area contributed by atoms with Crippen molar-refractivity contribution in [3.05, 3.63) is 199 Å². The lowest BCUT2D eigenvalue weighted by atomic mass is 9.93. The van der Waals surface area contributed by atoms with Crippen LogP contribution in [0.1, 0.15) is 16.9 Å². The van der Waals surface area contributed by atoms with Crippen LogP contribution in [-0.4, -0.2) is 0 Å². The molecule has 1 aliphatic rings. The summed E-state index contributed by atoms with van der Waals surface area (Å²) in [6.07, 6.45) is 6.90. The Hall–Kier alpha value is -6.48. The van der Waals surface area contributed by atoms with Crippen molar-refractivity contribution >= 4 is 49.6 Å². The van der Waals surface area contributed by atoms with Crippen molar-refractivity contribution in [2.24, 2.45) is 0 Å². The Morgan fingerprint density at radius 3 is 1.85 bits per heavy atom. The zero-order valence-electron chi connectivity index (χ0n) is 29.8. The molecule has 256 valence electrons. The van der Waals surface area contributed by atoms with Crippen LogP contribution in [0.25, 0.3) is 82.6 Å². The van der Waals surface area contributed by atoms with Crippen molar-refractivity contribution in [3.8, 4) is 55.6 Å². The fourth-order valence-electron chi connectivity index (χ4n) is 7.85. The summed E-state index contributed by atoms with van der Waals surface area (Å²) in [5, 5.41) is 7.69. The molecule has 10 rings (SSSR count). The van der Waals surface area contributed by atoms with Gasteiger partial charge in [-0.2, -0.15) is 0 Å². The first-order valence-electron chi connectivity index (χ1n) is 18.7. The number of nitrogens with one attached hydrogen (secondary N) is 1. The highest BCUT2D eigenvalue weighted by Gasteiger charge is 2.15. The first kappa shape index (κ1) is 32.2. The van der Waals surface area contributed by atoms with Crippen LogP contribution in [0.4, 0.5) is 11.4 Å². The van der Waals surface area contributed by atoms with E-state index in [4.69, 9.17) is 0 Å². The van der Waals surface area contributed by atoms with E-state index in [-0.39, 0.29) is 0 Å². The van der Waals surface area contributed by atoms with E-state index in [0.29, 0.717) is 0 Å². The monoisotopic (exact) mass is 707 g/mol. The topological polar surface area (TPSA) is 12.0 Å². The van der Waals surface area contributed by atoms with Crippen LogP contribution in [0.3, 0.4) is 0 Å². The Kier molecular flexibility index (Phi) is 8.24. The Balaban J connectivity index is 1.03. The minimum atomic E-state index is 1.05. The fraction of sp³-hybridized carbons (Fsp3) is 0.0385. The average Bonchev–Trinajstić information content (AvgIpc) is 3.62. The Bertz CT molecular complexity index is 2840. The highest BCUT2D eigenvalue weighted by Crippen LogP contribution is 2.40. The van der Waals surface area contributed by atoms with E-state index in [0.717, 1.165) is 29.8 Å². The first-order valence-corrected chi connectivity index (χ1v) is 19.5. The number of anilines is 2. The van der Waals surface area contributed by atoms with E-state index in [1.54, 1.807) is 0 Å². The molecule has 0 atom stereocenters. The summed E-state index contributed by atoms with van der Waals surface area (Å²) in [6.45, 7) is 0. The SMILES string of the molecule is C1=Cc2c(sc3cc(-c4cccc(-c5cc(-c6cccc(-c7ccccc7)c6)ccc5Nc5ccc(-c6ccc7ccccc7c6)cc5)c4)ccc23)CC1. The smallest absolute Gasteiger partial charge is 0.0464 e. The second-order valence-electron chi connectivity index (χ2n) is 14.1. The van der Waals surface area contributed by atoms with Gasteiger partial charge in [0.2, 0.25) is 0 Å². The maximum atomic E-state index is 3.80. The van der Waals surface area contributed by atoms with E-state index in [2.05, 4.69) is 199 Å². The molecule has 0 amide bonds. The summed E-state index contributed by atoms with van der Waals surface area (Å²) in [7, 11) is 0. The fourth-order valence-corrected chi connectivity index (χ4v) is 9.10. The number of thiophene rings is 1. The Labute approximate surface area is 320 Å². The molecule has 0 aliphatic heterocycles. The molecule has 0 spiro atoms. The number of benzene rings is 8. The van der Waals surface area contributed by atoms with E-state index in [9.17, 15) is 0 Å². The summed E-state index contributed by atoms with van der Waals surface area (Å²) in [5.41, 5.74) is 15.6. The van der Waals surface area contributed by atoms with Crippen LogP contribution in [0, 0.1) is 0 Å². The van der Waals surface area contributed by atoms with Crippen molar-refractivity contribution in [1.29, 1.82) is 0 Å². The molecule has 0 saturated heterocycles. The molecule has 8 aromatic carbocycles. The summed E-state index contributed by atoms with van der Waals surface area (Å²) in [4.78, 5) is 1.51. The molecule has 1 aromatic heterocycles. The van der Waals surface area contributed by atoms with Crippen LogP contribution >= 0.6 is 11.3 Å². The second-order valence-corrected chi connectivity index (χ2v) is 15.3. The van der Waals surface area contributed by atoms with Gasteiger partial charge in [0.15, 0.2) is 0 Å². The standard InChI is InChI=1S/C52H37NS/c1-2-10-35(11-3-1)39-14-8-15-40(30-39)43-25-29-50(53-46-26-22-37(23-27-46)42-21-20-36-12-4-5-13-38(36)31-42)49(33-43)45-17-9-16-41(32-45)44-24-28-48-47-18-6-7-19-51(47)54-52(48)34-44/h1-6,8-18,20-34,53H,7,19H2. The minimum Gasteiger partial charge on any atom is -0.355 e. The molecule has 0 saturated carbocycles. The number of fused-ring (bicyclic) bond motifs is 4. The third-order valence-electron chi connectivity index (χ3n) is 10.7. The molecule has 1 N–H and O–H groups in total. The quantitative estimate of drug-likeness (QED) is 0.174. The van der Waals surface area contributed by atoms with Crippen LogP contribution in [0.5, 0.6) is 0 Å². The second kappa shape index (κ2) is 13.8. The average molecular weight is 708 g/mol. The normalized spacial score (nSPS) is 12.2. The zero-order valence-corrected chi connectivity index (χ0v) is 30.6. The zero-order chi connectivity index (χ0) is 35.8. The van der Waals surface area contributed by atoms with Gasteiger partial charge in [0.25, 0.3) is 0 Å². The molecular formula is C52H37NS. The molecule has 2 heteroatoms. The largest absolute Gasteiger partial charge is 0.355 e. The molecule has 9 aromatic rings. The summed E-state index contributed by atoms with van der Waals surface area (Å²) in [5.74, 6) is 0. The molecule has 1 nitrogen and oxygen atoms in total. The van der Waals surface area contributed by atoms with Gasteiger partial charge in [0.1, 0.15) is 0 Å². The van der Waals surface area contributed by atoms with Gasteiger partial charge in [-0.3, -0.25) is 0 Å². The van der Waals surface area contributed by atoms with Crippen LogP contribution in [0.15, 0.2) is 188 Å². The lowest BCUT2D eigenvalue weighted by Crippen LogP contribution is -1.95. The van der Waals surface area contributed by atoms with Gasteiger partial charge in [0.05, 0.1) is 0 Å². The van der Waals surface area contributed by atoms with Gasteiger partial charge in [-0.15, -0.1) is 11.3 Å². The Morgan fingerprint density at radius 1 is 0.426 bits per heavy atom. The summed E-state index contributed by atoms with van der Waals surface area (Å²) >= 11 is 1.95. The van der Waals surface area contributed by atoms with Gasteiger partial charge >= 0.3 is 0 Å². The van der Waals surface area contributed by atoms with Gasteiger partial charge < -0.3 is 5.32 Å². The molecule has 1 aliphatic carbocycles. The molecule has 54 heavy (non-hydrogen) atoms. The van der Waals surface area contributed by atoms with Gasteiger partial charge in [-0.1, -0.05) is 146 Å². The lowest BCUT2D eigenvalue weighted by Gasteiger charge is -2.16. The molecule has 0 bridgehead atoms. The van der Waals surface area contributed by atoms with E-state index < -0.39 is 0 Å². The van der Waals surface area contributed by atoms with Crippen molar-refractivity contribution < 1.29 is 0 Å². The van der Waals surface area contributed by atoms with Crippen molar-refractivity contribution in [1.82, 2.24) is 0 Å². The number of rotatable bonds is 7. The van der Waals surface area contributed by atoms with Gasteiger partial charge in [-0.25, -0.2) is 0 Å². The van der Waals surface area contributed by atoms with Gasteiger partial charge in [0, 0.05) is 26.5 Å². The number of allylic oxidation sites excluding steroid dienone is 1. The van der Waals surface area contributed by atoms with Crippen molar-refractivity contribution in [2.45, 2.75) is 12.8 Å². The van der Waals surface area contributed by atoms with E-state index in [1.807, 2.05) is 11.3 Å². The van der Waals surface area contributed by atoms with Crippen molar-refractivity contribution in [2.75, 3.05) is 5.32 Å². The van der Waals surface area contributed by atoms with Crippen LogP contribution < -0.4 is 5.32 Å². The maximum absolute atomic E-state index is 3.80. The van der Waals surface area contributed by atoms with Gasteiger partial charge in [-0.05, 0) is 133 Å². The molecular weight excluding hydrogens is 671 g/mol. The van der Waals surface area contributed by atoms with E-state index >= 15 is 0 Å². The third-order valence-corrected chi connectivity index (χ3v) is 11.9. The predicted molar refractivity (Wildman–Crippen MR) is 234 cm³/mol. The molecule has 0 fully saturated rings. The number of hydrogen-bond acceptors (Lipinski definition) is 2.